The van der Waals surface area contributed by atoms with E-state index in [0.717, 1.165) is 23.5 Å². The fraction of sp³-hybridized carbons (Fsp3) is 0.250. The molecule has 1 N–H and O–H groups in total. The number of anilines is 1. The lowest BCUT2D eigenvalue weighted by Crippen LogP contribution is -2.31. The zero-order chi connectivity index (χ0) is 17.3. The summed E-state index contributed by atoms with van der Waals surface area (Å²) in [6, 6.07) is 20.1. The molecule has 0 aliphatic rings. The average molecular weight is 337 g/mol. The van der Waals surface area contributed by atoms with Gasteiger partial charge in [-0.2, -0.15) is 5.10 Å². The SMILES string of the molecule is OCCN(CCOc1cccc(Cn2cccn2)c1)c1ccccc1. The van der Waals surface area contributed by atoms with Crippen molar-refractivity contribution in [3.8, 4) is 5.75 Å². The van der Waals surface area contributed by atoms with Crippen molar-refractivity contribution in [1.29, 1.82) is 0 Å². The lowest BCUT2D eigenvalue weighted by Gasteiger charge is -2.24. The van der Waals surface area contributed by atoms with Gasteiger partial charge in [0.15, 0.2) is 0 Å². The molecule has 0 aliphatic heterocycles. The van der Waals surface area contributed by atoms with Gasteiger partial charge >= 0.3 is 0 Å². The molecule has 5 nitrogen and oxygen atoms in total. The van der Waals surface area contributed by atoms with Gasteiger partial charge in [-0.1, -0.05) is 30.3 Å². The molecule has 1 heterocycles. The largest absolute Gasteiger partial charge is 0.492 e. The normalized spacial score (nSPS) is 10.6. The Morgan fingerprint density at radius 3 is 2.64 bits per heavy atom. The van der Waals surface area contributed by atoms with Crippen molar-refractivity contribution in [2.45, 2.75) is 6.54 Å². The van der Waals surface area contributed by atoms with Crippen LogP contribution >= 0.6 is 0 Å². The summed E-state index contributed by atoms with van der Waals surface area (Å²) >= 11 is 0. The molecule has 0 amide bonds. The summed E-state index contributed by atoms with van der Waals surface area (Å²) in [5.74, 6) is 0.849. The second-order valence-electron chi connectivity index (χ2n) is 5.75. The maximum absolute atomic E-state index is 9.28. The minimum Gasteiger partial charge on any atom is -0.492 e. The maximum atomic E-state index is 9.28. The minimum atomic E-state index is 0.119. The molecule has 130 valence electrons. The molecule has 0 aliphatic carbocycles. The van der Waals surface area contributed by atoms with E-state index in [1.54, 1.807) is 6.20 Å². The summed E-state index contributed by atoms with van der Waals surface area (Å²) < 4.78 is 7.80. The molecule has 3 aromatic rings. The van der Waals surface area contributed by atoms with E-state index in [4.69, 9.17) is 4.74 Å². The third kappa shape index (κ3) is 5.09. The zero-order valence-corrected chi connectivity index (χ0v) is 14.2. The Balaban J connectivity index is 1.55. The van der Waals surface area contributed by atoms with Gasteiger partial charge in [-0.05, 0) is 35.9 Å². The lowest BCUT2D eigenvalue weighted by molar-refractivity contribution is 0.289. The van der Waals surface area contributed by atoms with Crippen LogP contribution in [0, 0.1) is 0 Å². The predicted octanol–water partition coefficient (Wildman–Crippen LogP) is 2.81. The van der Waals surface area contributed by atoms with Gasteiger partial charge in [0, 0.05) is 24.6 Å². The highest BCUT2D eigenvalue weighted by Crippen LogP contribution is 2.16. The Morgan fingerprint density at radius 1 is 1.00 bits per heavy atom. The third-order valence-electron chi connectivity index (χ3n) is 3.92. The molecule has 0 atom stereocenters. The van der Waals surface area contributed by atoms with Crippen LogP contribution in [0.15, 0.2) is 73.1 Å². The Hall–Kier alpha value is -2.79. The molecule has 3 rings (SSSR count). The van der Waals surface area contributed by atoms with Gasteiger partial charge in [-0.15, -0.1) is 0 Å². The van der Waals surface area contributed by atoms with Gasteiger partial charge < -0.3 is 14.7 Å². The van der Waals surface area contributed by atoms with E-state index in [1.165, 1.54) is 0 Å². The highest BCUT2D eigenvalue weighted by atomic mass is 16.5. The number of benzene rings is 2. The smallest absolute Gasteiger partial charge is 0.119 e. The first-order valence-electron chi connectivity index (χ1n) is 8.45. The number of hydrogen-bond acceptors (Lipinski definition) is 4. The highest BCUT2D eigenvalue weighted by Gasteiger charge is 2.06. The lowest BCUT2D eigenvalue weighted by atomic mass is 10.2. The van der Waals surface area contributed by atoms with Gasteiger partial charge in [0.25, 0.3) is 0 Å². The first-order valence-corrected chi connectivity index (χ1v) is 8.45. The zero-order valence-electron chi connectivity index (χ0n) is 14.2. The molecular weight excluding hydrogens is 314 g/mol. The first-order chi connectivity index (χ1) is 12.3. The molecule has 0 saturated carbocycles. The molecule has 1 aromatic heterocycles. The number of ether oxygens (including phenoxy) is 1. The molecule has 0 saturated heterocycles. The van der Waals surface area contributed by atoms with Crippen molar-refractivity contribution < 1.29 is 9.84 Å². The molecule has 0 spiro atoms. The summed E-state index contributed by atoms with van der Waals surface area (Å²) in [6.45, 7) is 2.71. The fourth-order valence-electron chi connectivity index (χ4n) is 2.72. The fourth-order valence-corrected chi connectivity index (χ4v) is 2.72. The van der Waals surface area contributed by atoms with Crippen LogP contribution in [-0.4, -0.2) is 41.2 Å². The number of hydrogen-bond donors (Lipinski definition) is 1. The summed E-state index contributed by atoms with van der Waals surface area (Å²) in [5, 5.41) is 13.5. The van der Waals surface area contributed by atoms with Crippen LogP contribution in [0.2, 0.25) is 0 Å². The van der Waals surface area contributed by atoms with E-state index >= 15 is 0 Å². The van der Waals surface area contributed by atoms with Crippen molar-refractivity contribution in [3.05, 3.63) is 78.6 Å². The topological polar surface area (TPSA) is 50.5 Å². The van der Waals surface area contributed by atoms with Crippen molar-refractivity contribution >= 4 is 5.69 Å². The summed E-state index contributed by atoms with van der Waals surface area (Å²) in [6.07, 6.45) is 3.72. The van der Waals surface area contributed by atoms with Crippen LogP contribution in [0.25, 0.3) is 0 Å². The number of aliphatic hydroxyl groups is 1. The second kappa shape index (κ2) is 8.89. The Bertz CT molecular complexity index is 745. The summed E-state index contributed by atoms with van der Waals surface area (Å²) in [4.78, 5) is 2.12. The Morgan fingerprint density at radius 2 is 1.88 bits per heavy atom. The average Bonchev–Trinajstić information content (AvgIpc) is 3.15. The molecule has 0 radical (unpaired) electrons. The maximum Gasteiger partial charge on any atom is 0.119 e. The predicted molar refractivity (Wildman–Crippen MR) is 99.0 cm³/mol. The number of aliphatic hydroxyl groups excluding tert-OH is 1. The van der Waals surface area contributed by atoms with E-state index in [9.17, 15) is 5.11 Å². The summed E-state index contributed by atoms with van der Waals surface area (Å²) in [5.41, 5.74) is 2.24. The van der Waals surface area contributed by atoms with Crippen molar-refractivity contribution in [3.63, 3.8) is 0 Å². The van der Waals surface area contributed by atoms with Crippen LogP contribution in [-0.2, 0) is 6.54 Å². The number of rotatable bonds is 9. The Labute approximate surface area is 148 Å². The van der Waals surface area contributed by atoms with Crippen molar-refractivity contribution in [2.24, 2.45) is 0 Å². The standard InChI is InChI=1S/C20H23N3O2/c24-14-12-22(19-7-2-1-3-8-19)13-15-25-20-9-4-6-18(16-20)17-23-11-5-10-21-23/h1-11,16,24H,12-15,17H2. The molecular formula is C20H23N3O2. The van der Waals surface area contributed by atoms with Crippen LogP contribution in [0.3, 0.4) is 0 Å². The quantitative estimate of drug-likeness (QED) is 0.652. The molecule has 0 fully saturated rings. The monoisotopic (exact) mass is 337 g/mol. The van der Waals surface area contributed by atoms with Gasteiger partial charge in [0.05, 0.1) is 19.7 Å². The van der Waals surface area contributed by atoms with E-state index in [0.29, 0.717) is 19.7 Å². The van der Waals surface area contributed by atoms with Gasteiger partial charge in [-0.3, -0.25) is 4.68 Å². The number of para-hydroxylation sites is 1. The van der Waals surface area contributed by atoms with Crippen LogP contribution in [0.1, 0.15) is 5.56 Å². The molecule has 0 bridgehead atoms. The van der Waals surface area contributed by atoms with Gasteiger partial charge in [-0.25, -0.2) is 0 Å². The minimum absolute atomic E-state index is 0.119. The Kier molecular flexibility index (Phi) is 6.06. The van der Waals surface area contributed by atoms with Gasteiger partial charge in [0.1, 0.15) is 12.4 Å². The van der Waals surface area contributed by atoms with E-state index in [1.807, 2.05) is 65.5 Å². The van der Waals surface area contributed by atoms with Crippen LogP contribution in [0.5, 0.6) is 5.75 Å². The second-order valence-corrected chi connectivity index (χ2v) is 5.75. The number of aromatic nitrogens is 2. The van der Waals surface area contributed by atoms with Crippen LogP contribution < -0.4 is 9.64 Å². The summed E-state index contributed by atoms with van der Waals surface area (Å²) in [7, 11) is 0. The van der Waals surface area contributed by atoms with Crippen molar-refractivity contribution in [2.75, 3.05) is 31.2 Å². The molecule has 2 aromatic carbocycles. The van der Waals surface area contributed by atoms with E-state index in [-0.39, 0.29) is 6.61 Å². The first kappa shape index (κ1) is 17.0. The van der Waals surface area contributed by atoms with Gasteiger partial charge in [0.2, 0.25) is 0 Å². The molecule has 0 unspecified atom stereocenters. The molecule has 25 heavy (non-hydrogen) atoms. The number of nitrogens with zero attached hydrogens (tertiary/aromatic N) is 3. The highest BCUT2D eigenvalue weighted by molar-refractivity contribution is 5.45. The van der Waals surface area contributed by atoms with Crippen LogP contribution in [0.4, 0.5) is 5.69 Å². The van der Waals surface area contributed by atoms with E-state index in [2.05, 4.69) is 16.1 Å². The van der Waals surface area contributed by atoms with Crippen molar-refractivity contribution in [1.82, 2.24) is 9.78 Å². The van der Waals surface area contributed by atoms with E-state index < -0.39 is 0 Å². The third-order valence-corrected chi connectivity index (χ3v) is 3.92. The molecule has 5 heteroatoms.